The molecule has 0 saturated carbocycles. The Hall–Kier alpha value is -7.14. The molecule has 0 bridgehead atoms. The van der Waals surface area contributed by atoms with Crippen LogP contribution in [0.2, 0.25) is 0 Å². The van der Waals surface area contributed by atoms with Crippen molar-refractivity contribution in [2.45, 2.75) is 6.42 Å². The fraction of sp³-hybridized carbons (Fsp3) is 0.0189. The Labute approximate surface area is 332 Å². The second-order valence-electron chi connectivity index (χ2n) is 14.8. The second-order valence-corrected chi connectivity index (χ2v) is 15.8. The number of furan rings is 1. The standard InChI is InChI=1S/C53H32N2OS/c1-2-12-32(13-3-1)46-27-28-47(43-21-10-20-42-41-18-8-9-23-50(41)57-52(42)43)55-53(54-46)34-25-29-48-45(31-34)51-35(19-11-22-49(51)56-48)33-24-26-40-38-16-5-4-14-36(38)37-15-6-7-17-39(37)44(40)30-33/h1-26,28-31H,27H2. The summed E-state index contributed by atoms with van der Waals surface area (Å²) in [5, 5.41) is 12.2. The summed E-state index contributed by atoms with van der Waals surface area (Å²) in [6, 6.07) is 62.9. The minimum atomic E-state index is 0.667. The molecule has 1 aliphatic heterocycles. The van der Waals surface area contributed by atoms with Gasteiger partial charge < -0.3 is 4.42 Å². The van der Waals surface area contributed by atoms with Gasteiger partial charge in [0.1, 0.15) is 11.2 Å². The van der Waals surface area contributed by atoms with Gasteiger partial charge in [0.25, 0.3) is 0 Å². The van der Waals surface area contributed by atoms with E-state index < -0.39 is 0 Å². The molecular weight excluding hydrogens is 713 g/mol. The first kappa shape index (κ1) is 32.1. The molecule has 0 amide bonds. The molecule has 266 valence electrons. The molecule has 2 aromatic heterocycles. The lowest BCUT2D eigenvalue weighted by atomic mass is 9.91. The van der Waals surface area contributed by atoms with Crippen molar-refractivity contribution in [1.82, 2.24) is 0 Å². The van der Waals surface area contributed by atoms with Crippen LogP contribution in [0, 0.1) is 0 Å². The molecule has 3 heterocycles. The predicted octanol–water partition coefficient (Wildman–Crippen LogP) is 14.8. The molecule has 0 N–H and O–H groups in total. The molecule has 1 aliphatic rings. The van der Waals surface area contributed by atoms with E-state index >= 15 is 0 Å². The number of allylic oxidation sites excluding steroid dienone is 1. The first-order valence-corrected chi connectivity index (χ1v) is 20.2. The van der Waals surface area contributed by atoms with Crippen LogP contribution in [-0.2, 0) is 0 Å². The molecule has 12 rings (SSSR count). The van der Waals surface area contributed by atoms with Gasteiger partial charge in [0.05, 0.1) is 11.4 Å². The second kappa shape index (κ2) is 12.7. The van der Waals surface area contributed by atoms with Gasteiger partial charge in [-0.05, 0) is 85.4 Å². The lowest BCUT2D eigenvalue weighted by Crippen LogP contribution is -2.04. The molecular formula is C53H32N2OS. The van der Waals surface area contributed by atoms with E-state index in [9.17, 15) is 0 Å². The number of benzene rings is 9. The number of thiophene rings is 1. The highest BCUT2D eigenvalue weighted by molar-refractivity contribution is 7.26. The van der Waals surface area contributed by atoms with Crippen molar-refractivity contribution in [3.63, 3.8) is 0 Å². The zero-order valence-electron chi connectivity index (χ0n) is 30.7. The maximum absolute atomic E-state index is 6.57. The van der Waals surface area contributed by atoms with E-state index in [4.69, 9.17) is 14.4 Å². The van der Waals surface area contributed by atoms with Gasteiger partial charge in [-0.1, -0.05) is 146 Å². The van der Waals surface area contributed by atoms with E-state index in [2.05, 4.69) is 182 Å². The van der Waals surface area contributed by atoms with Gasteiger partial charge in [-0.15, -0.1) is 11.3 Å². The van der Waals surface area contributed by atoms with Gasteiger partial charge >= 0.3 is 0 Å². The molecule has 0 unspecified atom stereocenters. The highest BCUT2D eigenvalue weighted by atomic mass is 32.1. The van der Waals surface area contributed by atoms with Crippen LogP contribution in [-0.4, -0.2) is 11.5 Å². The average Bonchev–Trinajstić information content (AvgIpc) is 3.77. The maximum Gasteiger partial charge on any atom is 0.160 e. The summed E-state index contributed by atoms with van der Waals surface area (Å²) >= 11 is 1.83. The molecule has 0 spiro atoms. The highest BCUT2D eigenvalue weighted by Gasteiger charge is 2.20. The summed E-state index contributed by atoms with van der Waals surface area (Å²) in [7, 11) is 0. The predicted molar refractivity (Wildman–Crippen MR) is 243 cm³/mol. The SMILES string of the molecule is C1=C(c2cccc3c2sc2ccccc23)N=C(c2ccc3oc4cccc(-c5ccc6c7ccccc7c7ccccc7c6c5)c4c3c2)N=C(c2ccccc2)C1. The van der Waals surface area contributed by atoms with Crippen LogP contribution in [0.15, 0.2) is 196 Å². The van der Waals surface area contributed by atoms with Gasteiger partial charge in [-0.25, -0.2) is 9.98 Å². The fourth-order valence-corrected chi connectivity index (χ4v) is 10.1. The topological polar surface area (TPSA) is 37.9 Å². The Morgan fingerprint density at radius 1 is 0.421 bits per heavy atom. The summed E-state index contributed by atoms with van der Waals surface area (Å²) in [4.78, 5) is 10.8. The van der Waals surface area contributed by atoms with Crippen LogP contribution in [0.3, 0.4) is 0 Å². The van der Waals surface area contributed by atoms with Gasteiger partial charge in [0, 0.05) is 48.5 Å². The zero-order chi connectivity index (χ0) is 37.5. The largest absolute Gasteiger partial charge is 0.456 e. The highest BCUT2D eigenvalue weighted by Crippen LogP contribution is 2.42. The number of rotatable bonds is 4. The summed E-state index contributed by atoms with van der Waals surface area (Å²) in [6.07, 6.45) is 2.91. The lowest BCUT2D eigenvalue weighted by Gasteiger charge is -2.12. The smallest absolute Gasteiger partial charge is 0.160 e. The van der Waals surface area contributed by atoms with Crippen LogP contribution in [0.4, 0.5) is 0 Å². The number of hydrogen-bond acceptors (Lipinski definition) is 4. The Morgan fingerprint density at radius 2 is 1.05 bits per heavy atom. The van der Waals surface area contributed by atoms with Gasteiger partial charge in [-0.2, -0.15) is 0 Å². The van der Waals surface area contributed by atoms with E-state index in [0.29, 0.717) is 12.3 Å². The minimum absolute atomic E-state index is 0.667. The first-order chi connectivity index (χ1) is 28.2. The molecule has 0 radical (unpaired) electrons. The van der Waals surface area contributed by atoms with Crippen LogP contribution >= 0.6 is 11.3 Å². The molecule has 57 heavy (non-hydrogen) atoms. The molecule has 0 saturated heterocycles. The maximum atomic E-state index is 6.57. The molecule has 9 aromatic carbocycles. The van der Waals surface area contributed by atoms with E-state index in [0.717, 1.165) is 61.2 Å². The van der Waals surface area contributed by atoms with Crippen molar-refractivity contribution < 1.29 is 4.42 Å². The number of fused-ring (bicyclic) bond motifs is 12. The normalized spacial score (nSPS) is 13.5. The van der Waals surface area contributed by atoms with Crippen LogP contribution in [0.1, 0.15) is 23.1 Å². The van der Waals surface area contributed by atoms with E-state index in [1.807, 2.05) is 11.3 Å². The molecule has 11 aromatic rings. The number of aliphatic imine (C=N–C) groups is 2. The summed E-state index contributed by atoms with van der Waals surface area (Å²) in [6.45, 7) is 0. The monoisotopic (exact) mass is 744 g/mol. The number of nitrogens with zero attached hydrogens (tertiary/aromatic N) is 2. The van der Waals surface area contributed by atoms with Crippen molar-refractivity contribution >= 4 is 103 Å². The van der Waals surface area contributed by atoms with Gasteiger partial charge in [0.15, 0.2) is 5.84 Å². The van der Waals surface area contributed by atoms with Crippen molar-refractivity contribution in [2.24, 2.45) is 9.98 Å². The molecule has 3 nitrogen and oxygen atoms in total. The molecule has 4 heteroatoms. The first-order valence-electron chi connectivity index (χ1n) is 19.4. The van der Waals surface area contributed by atoms with Crippen molar-refractivity contribution in [2.75, 3.05) is 0 Å². The van der Waals surface area contributed by atoms with Crippen molar-refractivity contribution in [3.05, 3.63) is 199 Å². The molecule has 0 atom stereocenters. The van der Waals surface area contributed by atoms with Crippen LogP contribution in [0.5, 0.6) is 0 Å². The summed E-state index contributed by atoms with van der Waals surface area (Å²) in [5.74, 6) is 0.688. The number of hydrogen-bond donors (Lipinski definition) is 0. The Bertz CT molecular complexity index is 3510. The van der Waals surface area contributed by atoms with Crippen molar-refractivity contribution in [3.8, 4) is 11.1 Å². The summed E-state index contributed by atoms with van der Waals surface area (Å²) in [5.41, 5.74) is 9.08. The van der Waals surface area contributed by atoms with E-state index in [1.165, 1.54) is 52.5 Å². The molecule has 0 aliphatic carbocycles. The van der Waals surface area contributed by atoms with Crippen molar-refractivity contribution in [1.29, 1.82) is 0 Å². The minimum Gasteiger partial charge on any atom is -0.456 e. The average molecular weight is 745 g/mol. The van der Waals surface area contributed by atoms with E-state index in [1.54, 1.807) is 0 Å². The summed E-state index contributed by atoms with van der Waals surface area (Å²) < 4.78 is 9.09. The van der Waals surface area contributed by atoms with Gasteiger partial charge in [-0.3, -0.25) is 0 Å². The lowest BCUT2D eigenvalue weighted by molar-refractivity contribution is 0.669. The Balaban J connectivity index is 1.05. The molecule has 0 fully saturated rings. The quantitative estimate of drug-likeness (QED) is 0.165. The van der Waals surface area contributed by atoms with Crippen LogP contribution in [0.25, 0.3) is 91.3 Å². The van der Waals surface area contributed by atoms with Gasteiger partial charge in [0.2, 0.25) is 0 Å². The third kappa shape index (κ3) is 5.11. The number of amidine groups is 1. The Kier molecular flexibility index (Phi) is 7.16. The van der Waals surface area contributed by atoms with Crippen LogP contribution < -0.4 is 0 Å². The third-order valence-corrected chi connectivity index (χ3v) is 12.8. The fourth-order valence-electron chi connectivity index (χ4n) is 8.89. The zero-order valence-corrected chi connectivity index (χ0v) is 31.6. The Morgan fingerprint density at radius 3 is 1.86 bits per heavy atom. The third-order valence-electron chi connectivity index (χ3n) is 11.6. The van der Waals surface area contributed by atoms with E-state index in [-0.39, 0.29) is 0 Å².